The summed E-state index contributed by atoms with van der Waals surface area (Å²) >= 11 is 1.45. The third-order valence-corrected chi connectivity index (χ3v) is 6.08. The highest BCUT2D eigenvalue weighted by Crippen LogP contribution is 2.38. The Morgan fingerprint density at radius 1 is 1.29 bits per heavy atom. The van der Waals surface area contributed by atoms with Crippen molar-refractivity contribution in [2.45, 2.75) is 39.0 Å². The van der Waals surface area contributed by atoms with E-state index >= 15 is 0 Å². The van der Waals surface area contributed by atoms with Crippen molar-refractivity contribution in [1.82, 2.24) is 0 Å². The molecule has 3 aromatic rings. The fourth-order valence-electron chi connectivity index (χ4n) is 3.61. The Morgan fingerprint density at radius 3 is 2.93 bits per heavy atom. The van der Waals surface area contributed by atoms with E-state index in [0.717, 1.165) is 36.1 Å². The van der Waals surface area contributed by atoms with E-state index in [1.54, 1.807) is 6.92 Å². The Balaban J connectivity index is 1.59. The van der Waals surface area contributed by atoms with Crippen molar-refractivity contribution < 1.29 is 23.1 Å². The highest BCUT2D eigenvalue weighted by atomic mass is 32.1. The first-order chi connectivity index (χ1) is 13.6. The van der Waals surface area contributed by atoms with Gasteiger partial charge in [-0.1, -0.05) is 0 Å². The Kier molecular flexibility index (Phi) is 5.17. The first-order valence-electron chi connectivity index (χ1n) is 9.34. The number of carbonyl (C=O) groups excluding carboxylic acids is 2. The molecule has 0 bridgehead atoms. The largest absolute Gasteiger partial charge is 0.464 e. The summed E-state index contributed by atoms with van der Waals surface area (Å²) in [5.41, 5.74) is 2.62. The van der Waals surface area contributed by atoms with Gasteiger partial charge in [0.25, 0.3) is 0 Å². The summed E-state index contributed by atoms with van der Waals surface area (Å²) in [7, 11) is 0. The van der Waals surface area contributed by atoms with Gasteiger partial charge in [-0.2, -0.15) is 0 Å². The maximum atomic E-state index is 13.5. The topological polar surface area (TPSA) is 68.5 Å². The van der Waals surface area contributed by atoms with Crippen LogP contribution in [0.2, 0.25) is 0 Å². The predicted molar refractivity (Wildman–Crippen MR) is 105 cm³/mol. The number of rotatable bonds is 5. The summed E-state index contributed by atoms with van der Waals surface area (Å²) in [6.45, 7) is 2.04. The van der Waals surface area contributed by atoms with Crippen molar-refractivity contribution >= 4 is 39.2 Å². The monoisotopic (exact) mass is 401 g/mol. The number of furan rings is 1. The van der Waals surface area contributed by atoms with E-state index in [-0.39, 0.29) is 24.8 Å². The maximum Gasteiger partial charge on any atom is 0.341 e. The van der Waals surface area contributed by atoms with E-state index in [2.05, 4.69) is 5.32 Å². The number of fused-ring (bicyclic) bond motifs is 2. The normalized spacial score (nSPS) is 13.4. The molecule has 0 saturated heterocycles. The van der Waals surface area contributed by atoms with Crippen molar-refractivity contribution in [1.29, 1.82) is 0 Å². The maximum absolute atomic E-state index is 13.5. The highest BCUT2D eigenvalue weighted by Gasteiger charge is 2.27. The molecule has 0 radical (unpaired) electrons. The van der Waals surface area contributed by atoms with E-state index in [9.17, 15) is 14.0 Å². The number of anilines is 1. The smallest absolute Gasteiger partial charge is 0.341 e. The number of hydrogen-bond donors (Lipinski definition) is 1. The zero-order chi connectivity index (χ0) is 19.7. The number of ether oxygens (including phenoxy) is 1. The van der Waals surface area contributed by atoms with Crippen LogP contribution in [0, 0.1) is 5.82 Å². The van der Waals surface area contributed by atoms with Gasteiger partial charge in [0.1, 0.15) is 16.4 Å². The summed E-state index contributed by atoms with van der Waals surface area (Å²) in [5, 5.41) is 3.98. The van der Waals surface area contributed by atoms with Crippen molar-refractivity contribution in [3.63, 3.8) is 0 Å². The van der Waals surface area contributed by atoms with Crippen LogP contribution in [0.15, 0.2) is 28.9 Å². The summed E-state index contributed by atoms with van der Waals surface area (Å²) in [5.74, 6) is -1.06. The molecule has 1 aliphatic rings. The molecule has 0 aliphatic heterocycles. The van der Waals surface area contributed by atoms with Gasteiger partial charge in [0.05, 0.1) is 24.9 Å². The molecule has 0 spiro atoms. The van der Waals surface area contributed by atoms with Crippen LogP contribution in [0.3, 0.4) is 0 Å². The molecular weight excluding hydrogens is 381 g/mol. The number of thiophene rings is 1. The van der Waals surface area contributed by atoms with Crippen molar-refractivity contribution in [2.24, 2.45) is 0 Å². The number of hydrogen-bond acceptors (Lipinski definition) is 5. The zero-order valence-electron chi connectivity index (χ0n) is 15.5. The van der Waals surface area contributed by atoms with Gasteiger partial charge in [-0.05, 0) is 56.4 Å². The number of amides is 1. The van der Waals surface area contributed by atoms with Crippen LogP contribution in [0.4, 0.5) is 9.39 Å². The van der Waals surface area contributed by atoms with Crippen LogP contribution < -0.4 is 5.32 Å². The highest BCUT2D eigenvalue weighted by molar-refractivity contribution is 7.17. The van der Waals surface area contributed by atoms with Gasteiger partial charge in [-0.25, -0.2) is 9.18 Å². The number of benzene rings is 1. The van der Waals surface area contributed by atoms with E-state index < -0.39 is 5.97 Å². The van der Waals surface area contributed by atoms with E-state index in [4.69, 9.17) is 9.15 Å². The van der Waals surface area contributed by atoms with Crippen LogP contribution in [0.1, 0.15) is 46.1 Å². The lowest BCUT2D eigenvalue weighted by atomic mass is 9.95. The van der Waals surface area contributed by atoms with Gasteiger partial charge in [0.2, 0.25) is 5.91 Å². The van der Waals surface area contributed by atoms with Crippen LogP contribution >= 0.6 is 11.3 Å². The number of aryl methyl sites for hydroxylation is 1. The molecule has 7 heteroatoms. The minimum absolute atomic E-state index is 0.0291. The summed E-state index contributed by atoms with van der Waals surface area (Å²) in [4.78, 5) is 26.3. The molecule has 1 N–H and O–H groups in total. The van der Waals surface area contributed by atoms with Gasteiger partial charge >= 0.3 is 5.97 Å². The standard InChI is InChI=1S/C21H20FNO4S/c1-2-26-21(25)19-14-5-3-4-6-17(14)28-20(19)23-18(24)9-12-11-27-16-8-7-13(22)10-15(12)16/h7-8,10-11H,2-6,9H2,1H3,(H,23,24). The van der Waals surface area contributed by atoms with Crippen molar-refractivity contribution in [2.75, 3.05) is 11.9 Å². The molecule has 0 saturated carbocycles. The molecule has 2 aromatic heterocycles. The SMILES string of the molecule is CCOC(=O)c1c(NC(=O)Cc2coc3ccc(F)cc23)sc2c1CCCC2. The summed E-state index contributed by atoms with van der Waals surface area (Å²) in [6.07, 6.45) is 5.33. The fraction of sp³-hybridized carbons (Fsp3) is 0.333. The average molecular weight is 401 g/mol. The molecule has 0 unspecified atom stereocenters. The number of esters is 1. The fourth-order valence-corrected chi connectivity index (χ4v) is 4.90. The number of nitrogens with one attached hydrogen (secondary N) is 1. The van der Waals surface area contributed by atoms with E-state index in [1.165, 1.54) is 35.8 Å². The molecule has 2 heterocycles. The molecule has 28 heavy (non-hydrogen) atoms. The lowest BCUT2D eigenvalue weighted by Crippen LogP contribution is -2.17. The second kappa shape index (κ2) is 7.75. The molecule has 0 atom stereocenters. The van der Waals surface area contributed by atoms with Crippen LogP contribution in [0.5, 0.6) is 0 Å². The van der Waals surface area contributed by atoms with Gasteiger partial charge in [-0.3, -0.25) is 4.79 Å². The predicted octanol–water partition coefficient (Wildman–Crippen LogP) is 4.87. The lowest BCUT2D eigenvalue weighted by Gasteiger charge is -2.12. The minimum Gasteiger partial charge on any atom is -0.464 e. The first-order valence-corrected chi connectivity index (χ1v) is 10.2. The minimum atomic E-state index is -0.395. The van der Waals surface area contributed by atoms with Crippen LogP contribution in [-0.4, -0.2) is 18.5 Å². The molecule has 0 fully saturated rings. The molecular formula is C21H20FNO4S. The number of carbonyl (C=O) groups is 2. The van der Waals surface area contributed by atoms with Crippen molar-refractivity contribution in [3.05, 3.63) is 51.8 Å². The second-order valence-electron chi connectivity index (χ2n) is 6.76. The van der Waals surface area contributed by atoms with Gasteiger partial charge in [-0.15, -0.1) is 11.3 Å². The molecule has 146 valence electrons. The molecule has 5 nitrogen and oxygen atoms in total. The van der Waals surface area contributed by atoms with Crippen molar-refractivity contribution in [3.8, 4) is 0 Å². The Hall–Kier alpha value is -2.67. The molecule has 4 rings (SSSR count). The zero-order valence-corrected chi connectivity index (χ0v) is 16.3. The number of halogens is 1. The lowest BCUT2D eigenvalue weighted by molar-refractivity contribution is -0.115. The van der Waals surface area contributed by atoms with Gasteiger partial charge in [0.15, 0.2) is 0 Å². The van der Waals surface area contributed by atoms with Gasteiger partial charge < -0.3 is 14.5 Å². The summed E-state index contributed by atoms with van der Waals surface area (Å²) in [6, 6.07) is 4.21. The van der Waals surface area contributed by atoms with Crippen LogP contribution in [0.25, 0.3) is 11.0 Å². The third-order valence-electron chi connectivity index (χ3n) is 4.87. The quantitative estimate of drug-likeness (QED) is 0.620. The summed E-state index contributed by atoms with van der Waals surface area (Å²) < 4.78 is 24.1. The average Bonchev–Trinajstić information content (AvgIpc) is 3.22. The van der Waals surface area contributed by atoms with Crippen LogP contribution in [-0.2, 0) is 28.8 Å². The molecule has 1 amide bonds. The van der Waals surface area contributed by atoms with E-state index in [0.29, 0.717) is 27.1 Å². The Morgan fingerprint density at radius 2 is 2.11 bits per heavy atom. The first kappa shape index (κ1) is 18.7. The molecule has 1 aromatic carbocycles. The second-order valence-corrected chi connectivity index (χ2v) is 7.87. The van der Waals surface area contributed by atoms with E-state index in [1.807, 2.05) is 0 Å². The third kappa shape index (κ3) is 3.54. The Bertz CT molecular complexity index is 1050. The Labute approximate surface area is 165 Å². The molecule has 1 aliphatic carbocycles. The van der Waals surface area contributed by atoms with Gasteiger partial charge in [0, 0.05) is 15.8 Å².